The normalized spacial score (nSPS) is 14.3. The van der Waals surface area contributed by atoms with E-state index < -0.39 is 0 Å². The Morgan fingerprint density at radius 2 is 2.08 bits per heavy atom. The molecule has 1 aromatic carbocycles. The Morgan fingerprint density at radius 1 is 1.23 bits per heavy atom. The summed E-state index contributed by atoms with van der Waals surface area (Å²) >= 11 is 6.52. The molecule has 0 radical (unpaired) electrons. The first kappa shape index (κ1) is 26.9. The summed E-state index contributed by atoms with van der Waals surface area (Å²) in [6.45, 7) is 5.74. The van der Waals surface area contributed by atoms with Crippen LogP contribution in [0.15, 0.2) is 55.0 Å². The fraction of sp³-hybridized carbons (Fsp3) is 0.321. The quantitative estimate of drug-likeness (QED) is 0.305. The third-order valence-electron chi connectivity index (χ3n) is 6.72. The summed E-state index contributed by atoms with van der Waals surface area (Å²) < 4.78 is 13.1. The molecule has 0 saturated carbocycles. The van der Waals surface area contributed by atoms with Crippen molar-refractivity contribution in [3.05, 3.63) is 65.6 Å². The molecule has 0 atom stereocenters. The molecular weight excluding hydrogens is 516 g/mol. The van der Waals surface area contributed by atoms with Crippen molar-refractivity contribution in [3.63, 3.8) is 0 Å². The number of aromatic nitrogens is 4. The zero-order chi connectivity index (χ0) is 27.2. The number of halogens is 1. The minimum atomic E-state index is 0.394. The van der Waals surface area contributed by atoms with Gasteiger partial charge in [-0.2, -0.15) is 5.10 Å². The molecule has 10 nitrogen and oxygen atoms in total. The Morgan fingerprint density at radius 3 is 2.87 bits per heavy atom. The first-order valence-corrected chi connectivity index (χ1v) is 13.3. The summed E-state index contributed by atoms with van der Waals surface area (Å²) in [7, 11) is 3.74. The number of likely N-dealkylation sites (N-methyl/N-ethyl adjacent to an activating group) is 1. The van der Waals surface area contributed by atoms with Crippen LogP contribution < -0.4 is 20.7 Å². The Kier molecular flexibility index (Phi) is 8.58. The van der Waals surface area contributed by atoms with Crippen molar-refractivity contribution in [1.82, 2.24) is 24.5 Å². The average molecular weight is 549 g/mol. The predicted molar refractivity (Wildman–Crippen MR) is 156 cm³/mol. The molecule has 0 amide bonds. The van der Waals surface area contributed by atoms with Crippen molar-refractivity contribution in [2.75, 3.05) is 70.3 Å². The van der Waals surface area contributed by atoms with Crippen LogP contribution in [0, 0.1) is 0 Å². The monoisotopic (exact) mass is 548 g/mol. The van der Waals surface area contributed by atoms with Gasteiger partial charge in [-0.3, -0.25) is 4.90 Å². The predicted octanol–water partition coefficient (Wildman–Crippen LogP) is 3.94. The number of hydrogen-bond donors (Lipinski definition) is 2. The van der Waals surface area contributed by atoms with E-state index >= 15 is 0 Å². The number of anilines is 3. The molecule has 1 fully saturated rings. The number of rotatable bonds is 10. The van der Waals surface area contributed by atoms with Crippen LogP contribution in [-0.2, 0) is 4.74 Å². The molecule has 11 heteroatoms. The lowest BCUT2D eigenvalue weighted by molar-refractivity contribution is 0.0393. The molecule has 3 N–H and O–H groups in total. The smallest absolute Gasteiger partial charge is 0.227 e. The second kappa shape index (κ2) is 12.4. The van der Waals surface area contributed by atoms with E-state index in [1.807, 2.05) is 48.7 Å². The largest absolute Gasteiger partial charge is 0.494 e. The highest BCUT2D eigenvalue weighted by Gasteiger charge is 2.18. The number of nitrogens with one attached hydrogen (secondary N) is 1. The van der Waals surface area contributed by atoms with Crippen LogP contribution in [0.25, 0.3) is 22.9 Å². The van der Waals surface area contributed by atoms with Crippen molar-refractivity contribution < 1.29 is 9.47 Å². The Bertz CT molecular complexity index is 1450. The van der Waals surface area contributed by atoms with Gasteiger partial charge in [-0.25, -0.2) is 14.5 Å². The highest BCUT2D eigenvalue weighted by Crippen LogP contribution is 2.36. The molecule has 4 heterocycles. The Hall–Kier alpha value is -3.70. The number of benzene rings is 1. The SMILES string of the molecule is COc1cc(N(C)CCN2CCOCC2)c(C=CCN)cc1Nc1ncc(Cl)c(-c2cnn3ccccc23)n1. The fourth-order valence-corrected chi connectivity index (χ4v) is 4.79. The molecule has 0 aliphatic carbocycles. The maximum absolute atomic E-state index is 6.52. The van der Waals surface area contributed by atoms with Crippen molar-refractivity contribution in [1.29, 1.82) is 0 Å². The lowest BCUT2D eigenvalue weighted by atomic mass is 10.1. The van der Waals surface area contributed by atoms with Gasteiger partial charge >= 0.3 is 0 Å². The van der Waals surface area contributed by atoms with E-state index in [0.717, 1.165) is 67.4 Å². The fourth-order valence-electron chi connectivity index (χ4n) is 4.60. The van der Waals surface area contributed by atoms with Crippen LogP contribution in [0.1, 0.15) is 5.56 Å². The highest BCUT2D eigenvalue weighted by molar-refractivity contribution is 6.33. The number of pyridine rings is 1. The van der Waals surface area contributed by atoms with Gasteiger partial charge in [0.2, 0.25) is 5.95 Å². The number of ether oxygens (including phenoxy) is 2. The van der Waals surface area contributed by atoms with Gasteiger partial charge in [-0.1, -0.05) is 29.8 Å². The topological polar surface area (TPSA) is 106 Å². The minimum Gasteiger partial charge on any atom is -0.494 e. The molecule has 204 valence electrons. The summed E-state index contributed by atoms with van der Waals surface area (Å²) in [6.07, 6.45) is 9.19. The highest BCUT2D eigenvalue weighted by atomic mass is 35.5. The molecule has 39 heavy (non-hydrogen) atoms. The zero-order valence-corrected chi connectivity index (χ0v) is 22.9. The Balaban J connectivity index is 1.44. The van der Waals surface area contributed by atoms with Gasteiger partial charge in [0, 0.05) is 63.3 Å². The molecule has 5 rings (SSSR count). The van der Waals surface area contributed by atoms with E-state index in [4.69, 9.17) is 31.8 Å². The number of nitrogens with zero attached hydrogens (tertiary/aromatic N) is 6. The van der Waals surface area contributed by atoms with Gasteiger partial charge in [0.15, 0.2) is 0 Å². The number of fused-ring (bicyclic) bond motifs is 1. The van der Waals surface area contributed by atoms with E-state index in [9.17, 15) is 0 Å². The maximum atomic E-state index is 6.52. The minimum absolute atomic E-state index is 0.394. The second-order valence-corrected chi connectivity index (χ2v) is 9.64. The van der Waals surface area contributed by atoms with Crippen LogP contribution >= 0.6 is 11.6 Å². The Labute approximate surface area is 233 Å². The van der Waals surface area contributed by atoms with Gasteiger partial charge in [-0.05, 0) is 23.8 Å². The van der Waals surface area contributed by atoms with Crippen LogP contribution in [-0.4, -0.2) is 84.6 Å². The molecule has 0 bridgehead atoms. The van der Waals surface area contributed by atoms with Crippen LogP contribution in [0.2, 0.25) is 5.02 Å². The number of morpholine rings is 1. The second-order valence-electron chi connectivity index (χ2n) is 9.23. The molecule has 3 aromatic heterocycles. The number of methoxy groups -OCH3 is 1. The molecular formula is C28H33ClN8O2. The summed E-state index contributed by atoms with van der Waals surface area (Å²) in [4.78, 5) is 13.8. The van der Waals surface area contributed by atoms with Crippen LogP contribution in [0.3, 0.4) is 0 Å². The third kappa shape index (κ3) is 6.15. The maximum Gasteiger partial charge on any atom is 0.227 e. The van der Waals surface area contributed by atoms with E-state index in [1.165, 1.54) is 0 Å². The van der Waals surface area contributed by atoms with E-state index in [2.05, 4.69) is 32.2 Å². The summed E-state index contributed by atoms with van der Waals surface area (Å²) in [5.74, 6) is 1.06. The molecule has 1 saturated heterocycles. The average Bonchev–Trinajstić information content (AvgIpc) is 3.40. The molecule has 0 spiro atoms. The number of hydrogen-bond acceptors (Lipinski definition) is 9. The van der Waals surface area contributed by atoms with Crippen molar-refractivity contribution in [2.45, 2.75) is 0 Å². The summed E-state index contributed by atoms with van der Waals surface area (Å²) in [5.41, 5.74) is 10.9. The van der Waals surface area contributed by atoms with Crippen molar-refractivity contribution in [3.8, 4) is 17.0 Å². The van der Waals surface area contributed by atoms with Crippen LogP contribution in [0.4, 0.5) is 17.3 Å². The zero-order valence-electron chi connectivity index (χ0n) is 22.2. The molecule has 0 unspecified atom stereocenters. The van der Waals surface area contributed by atoms with Crippen LogP contribution in [0.5, 0.6) is 5.75 Å². The van der Waals surface area contributed by atoms with Crippen molar-refractivity contribution >= 4 is 40.5 Å². The van der Waals surface area contributed by atoms with Crippen molar-refractivity contribution in [2.24, 2.45) is 5.73 Å². The van der Waals surface area contributed by atoms with Gasteiger partial charge < -0.3 is 25.4 Å². The van der Waals surface area contributed by atoms with Gasteiger partial charge in [-0.15, -0.1) is 0 Å². The molecule has 1 aliphatic rings. The molecule has 4 aromatic rings. The number of nitrogens with two attached hydrogens (primary N) is 1. The standard InChI is InChI=1S/C28H33ClN8O2/c1-35(10-11-36-12-14-39-15-13-36)25-17-26(38-2)23(16-20(25)6-5-8-30)33-28-31-19-22(29)27(34-28)21-18-32-37-9-4-3-7-24(21)37/h3-7,9,16-19H,8,10-15,30H2,1-2H3,(H,31,33,34). The van der Waals surface area contributed by atoms with Gasteiger partial charge in [0.05, 0.1) is 54.6 Å². The van der Waals surface area contributed by atoms with E-state index in [-0.39, 0.29) is 0 Å². The first-order chi connectivity index (χ1) is 19.1. The summed E-state index contributed by atoms with van der Waals surface area (Å²) in [6, 6.07) is 9.90. The first-order valence-electron chi connectivity index (χ1n) is 12.9. The lowest BCUT2D eigenvalue weighted by Gasteiger charge is -2.30. The van der Waals surface area contributed by atoms with Gasteiger partial charge in [0.1, 0.15) is 5.75 Å². The lowest BCUT2D eigenvalue weighted by Crippen LogP contribution is -2.40. The molecule has 1 aliphatic heterocycles. The third-order valence-corrected chi connectivity index (χ3v) is 7.00. The summed E-state index contributed by atoms with van der Waals surface area (Å²) in [5, 5.41) is 8.18. The van der Waals surface area contributed by atoms with Gasteiger partial charge in [0.25, 0.3) is 0 Å². The van der Waals surface area contributed by atoms with E-state index in [1.54, 1.807) is 24.0 Å². The van der Waals surface area contributed by atoms with E-state index in [0.29, 0.717) is 29.0 Å².